The Morgan fingerprint density at radius 2 is 1.70 bits per heavy atom. The summed E-state index contributed by atoms with van der Waals surface area (Å²) in [6.45, 7) is 3.88. The Morgan fingerprint density at radius 3 is 2.40 bits per heavy atom. The van der Waals surface area contributed by atoms with E-state index < -0.39 is 11.9 Å². The SMILES string of the molecule is Cc1cccc(N(C(=O)CCCC(=O)Nc2ccccn2)[C@H](C(=O)NC2CCCCC2)c2ccc(F)cc2)c1C. The van der Waals surface area contributed by atoms with Gasteiger partial charge in [0.05, 0.1) is 0 Å². The fourth-order valence-electron chi connectivity index (χ4n) is 5.17. The van der Waals surface area contributed by atoms with Crippen LogP contribution in [0.1, 0.15) is 74.1 Å². The molecule has 1 heterocycles. The second-order valence-electron chi connectivity index (χ2n) is 10.4. The van der Waals surface area contributed by atoms with Crippen molar-refractivity contribution >= 4 is 29.2 Å². The number of benzene rings is 2. The van der Waals surface area contributed by atoms with Gasteiger partial charge in [-0.15, -0.1) is 0 Å². The minimum Gasteiger partial charge on any atom is -0.351 e. The number of nitrogens with zero attached hydrogens (tertiary/aromatic N) is 2. The molecule has 2 aromatic carbocycles. The lowest BCUT2D eigenvalue weighted by atomic mass is 9.94. The molecule has 1 aliphatic carbocycles. The summed E-state index contributed by atoms with van der Waals surface area (Å²) in [5, 5.41) is 5.91. The standard InChI is InChI=1S/C32H37FN4O3/c1-22-10-8-13-27(23(22)2)37(30(39)16-9-15-29(38)36-28-14-6-7-21-34-28)31(24-17-19-25(33)20-18-24)32(40)35-26-11-4-3-5-12-26/h6-8,10,13-14,17-21,26,31H,3-5,9,11-12,15-16H2,1-2H3,(H,35,40)(H,34,36,38)/t31-/m0/s1. The number of aryl methyl sites for hydroxylation is 1. The number of nitrogens with one attached hydrogen (secondary N) is 2. The van der Waals surface area contributed by atoms with Crippen LogP contribution in [0.2, 0.25) is 0 Å². The van der Waals surface area contributed by atoms with E-state index in [1.165, 1.54) is 17.0 Å². The third kappa shape index (κ3) is 7.52. The van der Waals surface area contributed by atoms with Crippen LogP contribution in [0.15, 0.2) is 66.9 Å². The Labute approximate surface area is 235 Å². The number of carbonyl (C=O) groups is 3. The molecular formula is C32H37FN4O3. The molecule has 4 rings (SSSR count). The number of amides is 3. The van der Waals surface area contributed by atoms with Crippen LogP contribution in [-0.4, -0.2) is 28.7 Å². The summed E-state index contributed by atoms with van der Waals surface area (Å²) in [6, 6.07) is 15.7. The molecule has 1 aromatic heterocycles. The zero-order chi connectivity index (χ0) is 28.5. The van der Waals surface area contributed by atoms with Crippen molar-refractivity contribution < 1.29 is 18.8 Å². The number of hydrogen-bond donors (Lipinski definition) is 2. The van der Waals surface area contributed by atoms with Crippen LogP contribution in [0.4, 0.5) is 15.9 Å². The highest BCUT2D eigenvalue weighted by Gasteiger charge is 2.34. The first-order chi connectivity index (χ1) is 19.3. The Kier molecular flexibility index (Phi) is 10.00. The molecule has 7 nitrogen and oxygen atoms in total. The van der Waals surface area contributed by atoms with Crippen molar-refractivity contribution in [3.63, 3.8) is 0 Å². The first kappa shape index (κ1) is 28.9. The van der Waals surface area contributed by atoms with E-state index in [1.54, 1.807) is 36.5 Å². The van der Waals surface area contributed by atoms with E-state index in [0.717, 1.165) is 43.2 Å². The smallest absolute Gasteiger partial charge is 0.248 e. The molecule has 1 fully saturated rings. The maximum absolute atomic E-state index is 14.0. The highest BCUT2D eigenvalue weighted by atomic mass is 19.1. The van der Waals surface area contributed by atoms with Crippen molar-refractivity contribution in [2.24, 2.45) is 0 Å². The molecule has 3 amide bonds. The fourth-order valence-corrected chi connectivity index (χ4v) is 5.17. The fraction of sp³-hybridized carbons (Fsp3) is 0.375. The lowest BCUT2D eigenvalue weighted by Gasteiger charge is -2.34. The second-order valence-corrected chi connectivity index (χ2v) is 10.4. The van der Waals surface area contributed by atoms with Gasteiger partial charge in [-0.25, -0.2) is 9.37 Å². The number of aromatic nitrogens is 1. The molecule has 0 saturated heterocycles. The van der Waals surface area contributed by atoms with Crippen molar-refractivity contribution in [1.29, 1.82) is 0 Å². The number of halogens is 1. The van der Waals surface area contributed by atoms with Gasteiger partial charge in [-0.2, -0.15) is 0 Å². The molecule has 40 heavy (non-hydrogen) atoms. The van der Waals surface area contributed by atoms with Gasteiger partial charge in [0.1, 0.15) is 17.7 Å². The normalized spacial score (nSPS) is 14.3. The van der Waals surface area contributed by atoms with Crippen LogP contribution in [0.25, 0.3) is 0 Å². The zero-order valence-electron chi connectivity index (χ0n) is 23.2. The van der Waals surface area contributed by atoms with Gasteiger partial charge in [-0.1, -0.05) is 49.6 Å². The lowest BCUT2D eigenvalue weighted by Crippen LogP contribution is -2.47. The molecule has 1 aliphatic rings. The molecule has 1 saturated carbocycles. The number of rotatable bonds is 10. The molecule has 0 bridgehead atoms. The van der Waals surface area contributed by atoms with Crippen molar-refractivity contribution in [2.45, 2.75) is 77.3 Å². The summed E-state index contributed by atoms with van der Waals surface area (Å²) in [6.07, 6.45) is 7.09. The van der Waals surface area contributed by atoms with Gasteiger partial charge in [0.25, 0.3) is 0 Å². The van der Waals surface area contributed by atoms with Gasteiger partial charge >= 0.3 is 0 Å². The Bertz CT molecular complexity index is 1310. The monoisotopic (exact) mass is 544 g/mol. The maximum Gasteiger partial charge on any atom is 0.248 e. The summed E-state index contributed by atoms with van der Waals surface area (Å²) >= 11 is 0. The molecule has 0 aliphatic heterocycles. The van der Waals surface area contributed by atoms with Crippen molar-refractivity contribution in [1.82, 2.24) is 10.3 Å². The number of pyridine rings is 1. The zero-order valence-corrected chi connectivity index (χ0v) is 23.2. The minimum absolute atomic E-state index is 0.0371. The van der Waals surface area contributed by atoms with E-state index in [0.29, 0.717) is 23.5 Å². The van der Waals surface area contributed by atoms with Crippen LogP contribution in [0.3, 0.4) is 0 Å². The molecule has 0 spiro atoms. The summed E-state index contributed by atoms with van der Waals surface area (Å²) < 4.78 is 13.9. The topological polar surface area (TPSA) is 91.4 Å². The molecule has 0 unspecified atom stereocenters. The largest absolute Gasteiger partial charge is 0.351 e. The van der Waals surface area contributed by atoms with E-state index in [1.807, 2.05) is 32.0 Å². The van der Waals surface area contributed by atoms with Crippen LogP contribution < -0.4 is 15.5 Å². The van der Waals surface area contributed by atoms with Crippen molar-refractivity contribution in [3.8, 4) is 0 Å². The highest BCUT2D eigenvalue weighted by molar-refractivity contribution is 6.02. The molecule has 210 valence electrons. The summed E-state index contributed by atoms with van der Waals surface area (Å²) in [7, 11) is 0. The molecule has 0 radical (unpaired) electrons. The second kappa shape index (κ2) is 13.8. The number of hydrogen-bond acceptors (Lipinski definition) is 4. The van der Waals surface area contributed by atoms with Crippen LogP contribution in [0, 0.1) is 19.7 Å². The van der Waals surface area contributed by atoms with E-state index >= 15 is 0 Å². The van der Waals surface area contributed by atoms with E-state index in [-0.39, 0.29) is 36.6 Å². The number of carbonyl (C=O) groups excluding carboxylic acids is 3. The average molecular weight is 545 g/mol. The van der Waals surface area contributed by atoms with E-state index in [9.17, 15) is 18.8 Å². The van der Waals surface area contributed by atoms with Crippen LogP contribution >= 0.6 is 0 Å². The lowest BCUT2D eigenvalue weighted by molar-refractivity contribution is -0.127. The predicted octanol–water partition coefficient (Wildman–Crippen LogP) is 6.17. The first-order valence-corrected chi connectivity index (χ1v) is 14.0. The molecule has 8 heteroatoms. The van der Waals surface area contributed by atoms with E-state index in [4.69, 9.17) is 0 Å². The minimum atomic E-state index is -0.988. The Morgan fingerprint density at radius 1 is 0.950 bits per heavy atom. The molecule has 1 atom stereocenters. The molecule has 2 N–H and O–H groups in total. The van der Waals surface area contributed by atoms with Crippen molar-refractivity contribution in [3.05, 3.63) is 89.4 Å². The van der Waals surface area contributed by atoms with Gasteiger partial charge in [-0.3, -0.25) is 19.3 Å². The third-order valence-corrected chi connectivity index (χ3v) is 7.47. The highest BCUT2D eigenvalue weighted by Crippen LogP contribution is 2.33. The van der Waals surface area contributed by atoms with Crippen molar-refractivity contribution in [2.75, 3.05) is 10.2 Å². The van der Waals surface area contributed by atoms with E-state index in [2.05, 4.69) is 15.6 Å². The van der Waals surface area contributed by atoms with Gasteiger partial charge in [0.15, 0.2) is 0 Å². The maximum atomic E-state index is 14.0. The first-order valence-electron chi connectivity index (χ1n) is 14.0. The number of anilines is 2. The molecule has 3 aromatic rings. The summed E-state index contributed by atoms with van der Waals surface area (Å²) in [4.78, 5) is 46.0. The predicted molar refractivity (Wildman–Crippen MR) is 154 cm³/mol. The van der Waals surface area contributed by atoms with Gasteiger partial charge in [-0.05, 0) is 80.1 Å². The summed E-state index contributed by atoms with van der Waals surface area (Å²) in [5.41, 5.74) is 3.00. The summed E-state index contributed by atoms with van der Waals surface area (Å²) in [5.74, 6) is -0.784. The van der Waals surface area contributed by atoms with Gasteiger partial charge in [0.2, 0.25) is 17.7 Å². The molecular weight excluding hydrogens is 507 g/mol. The van der Waals surface area contributed by atoms with Gasteiger partial charge in [0, 0.05) is 30.8 Å². The average Bonchev–Trinajstić information content (AvgIpc) is 2.95. The quantitative estimate of drug-likeness (QED) is 0.319. The van der Waals surface area contributed by atoms with Crippen LogP contribution in [-0.2, 0) is 14.4 Å². The van der Waals surface area contributed by atoms with Crippen LogP contribution in [0.5, 0.6) is 0 Å². The van der Waals surface area contributed by atoms with Gasteiger partial charge < -0.3 is 10.6 Å². The Hall–Kier alpha value is -4.07. The Balaban J connectivity index is 1.61. The third-order valence-electron chi connectivity index (χ3n) is 7.47.